The summed E-state index contributed by atoms with van der Waals surface area (Å²) in [5.74, 6) is 0. The standard InChI is InChI=1S/C22H40N2O8/c23-21-3-5-22(6-4-21)24(7-12-29-15-17-31-18-16-30-14-9-26)32-20-19-28-11-2-1-10-27-13-8-25/h3-6,25-26H,1-2,7-20,23H2. The van der Waals surface area contributed by atoms with Crippen LogP contribution in [0.2, 0.25) is 0 Å². The number of anilines is 2. The molecule has 0 heterocycles. The predicted octanol–water partition coefficient (Wildman–Crippen LogP) is 0.855. The molecule has 186 valence electrons. The molecule has 0 atom stereocenters. The number of hydrogen-bond acceptors (Lipinski definition) is 10. The largest absolute Gasteiger partial charge is 0.399 e. The summed E-state index contributed by atoms with van der Waals surface area (Å²) >= 11 is 0. The van der Waals surface area contributed by atoms with Gasteiger partial charge in [0.05, 0.1) is 84.9 Å². The van der Waals surface area contributed by atoms with Crippen LogP contribution in [0.4, 0.5) is 11.4 Å². The van der Waals surface area contributed by atoms with Gasteiger partial charge in [0.2, 0.25) is 0 Å². The van der Waals surface area contributed by atoms with Crippen molar-refractivity contribution >= 4 is 11.4 Å². The molecule has 0 fully saturated rings. The molecule has 0 radical (unpaired) electrons. The van der Waals surface area contributed by atoms with E-state index in [0.717, 1.165) is 18.5 Å². The zero-order chi connectivity index (χ0) is 23.1. The molecule has 1 rings (SSSR count). The minimum Gasteiger partial charge on any atom is -0.399 e. The molecule has 0 bridgehead atoms. The van der Waals surface area contributed by atoms with Crippen molar-refractivity contribution < 1.29 is 38.7 Å². The number of nitrogen functional groups attached to an aromatic ring is 1. The number of nitrogens with zero attached hydrogens (tertiary/aromatic N) is 1. The van der Waals surface area contributed by atoms with E-state index in [0.29, 0.717) is 84.9 Å². The number of ether oxygens (including phenoxy) is 5. The Hall–Kier alpha value is -1.50. The summed E-state index contributed by atoms with van der Waals surface area (Å²) in [6.45, 7) is 5.85. The van der Waals surface area contributed by atoms with Crippen LogP contribution in [0.3, 0.4) is 0 Å². The van der Waals surface area contributed by atoms with Gasteiger partial charge in [-0.1, -0.05) is 0 Å². The topological polar surface area (TPSA) is 125 Å². The van der Waals surface area contributed by atoms with Crippen LogP contribution in [0.15, 0.2) is 24.3 Å². The molecule has 0 aliphatic rings. The van der Waals surface area contributed by atoms with Gasteiger partial charge in [-0.3, -0.25) is 9.90 Å². The third kappa shape index (κ3) is 16.2. The molecule has 0 spiro atoms. The van der Waals surface area contributed by atoms with Crippen molar-refractivity contribution in [2.45, 2.75) is 12.8 Å². The van der Waals surface area contributed by atoms with Crippen LogP contribution in [0.1, 0.15) is 12.8 Å². The van der Waals surface area contributed by atoms with Crippen LogP contribution in [0.25, 0.3) is 0 Å². The molecule has 10 heteroatoms. The molecule has 0 saturated carbocycles. The third-order valence-corrected chi connectivity index (χ3v) is 4.14. The Balaban J connectivity index is 2.16. The Bertz CT molecular complexity index is 497. The van der Waals surface area contributed by atoms with Gasteiger partial charge in [0.1, 0.15) is 0 Å². The molecule has 32 heavy (non-hydrogen) atoms. The average Bonchev–Trinajstić information content (AvgIpc) is 2.80. The van der Waals surface area contributed by atoms with E-state index in [2.05, 4.69) is 0 Å². The number of aliphatic hydroxyl groups is 2. The first kappa shape index (κ1) is 28.5. The summed E-state index contributed by atoms with van der Waals surface area (Å²) in [5, 5.41) is 19.0. The monoisotopic (exact) mass is 460 g/mol. The fourth-order valence-corrected chi connectivity index (χ4v) is 2.55. The van der Waals surface area contributed by atoms with E-state index < -0.39 is 0 Å². The molecule has 4 N–H and O–H groups in total. The van der Waals surface area contributed by atoms with Gasteiger partial charge < -0.3 is 39.6 Å². The fourth-order valence-electron chi connectivity index (χ4n) is 2.55. The SMILES string of the molecule is Nc1ccc(N(CCOCCOCCOCCO)OCCOCCCCOCCO)cc1. The van der Waals surface area contributed by atoms with Crippen molar-refractivity contribution in [2.75, 3.05) is 103 Å². The molecule has 0 amide bonds. The zero-order valence-corrected chi connectivity index (χ0v) is 19.0. The number of rotatable bonds is 23. The second kappa shape index (κ2) is 21.4. The van der Waals surface area contributed by atoms with Gasteiger partial charge >= 0.3 is 0 Å². The molecule has 0 saturated heterocycles. The van der Waals surface area contributed by atoms with Crippen LogP contribution < -0.4 is 10.8 Å². The quantitative estimate of drug-likeness (QED) is 0.123. The Kier molecular flexibility index (Phi) is 19.0. The lowest BCUT2D eigenvalue weighted by Gasteiger charge is -2.24. The Morgan fingerprint density at radius 1 is 0.594 bits per heavy atom. The Labute approximate surface area is 191 Å². The summed E-state index contributed by atoms with van der Waals surface area (Å²) in [7, 11) is 0. The van der Waals surface area contributed by atoms with Crippen molar-refractivity contribution in [3.8, 4) is 0 Å². The third-order valence-electron chi connectivity index (χ3n) is 4.14. The Morgan fingerprint density at radius 3 is 1.66 bits per heavy atom. The average molecular weight is 461 g/mol. The smallest absolute Gasteiger partial charge is 0.0982 e. The summed E-state index contributed by atoms with van der Waals surface area (Å²) in [6, 6.07) is 7.46. The first-order valence-electron chi connectivity index (χ1n) is 11.1. The highest BCUT2D eigenvalue weighted by Crippen LogP contribution is 2.16. The normalized spacial score (nSPS) is 11.2. The summed E-state index contributed by atoms with van der Waals surface area (Å²) < 4.78 is 26.9. The number of nitrogens with two attached hydrogens (primary N) is 1. The summed E-state index contributed by atoms with van der Waals surface area (Å²) in [4.78, 5) is 5.88. The van der Waals surface area contributed by atoms with Crippen molar-refractivity contribution in [1.82, 2.24) is 0 Å². The van der Waals surface area contributed by atoms with E-state index in [9.17, 15) is 0 Å². The van der Waals surface area contributed by atoms with E-state index in [1.165, 1.54) is 0 Å². The maximum atomic E-state index is 8.64. The van der Waals surface area contributed by atoms with Crippen LogP contribution in [-0.4, -0.2) is 103 Å². The maximum absolute atomic E-state index is 8.64. The number of unbranched alkanes of at least 4 members (excludes halogenated alkanes) is 1. The van der Waals surface area contributed by atoms with E-state index in [1.807, 2.05) is 24.3 Å². The number of hydrogen-bond donors (Lipinski definition) is 3. The lowest BCUT2D eigenvalue weighted by atomic mass is 10.3. The van der Waals surface area contributed by atoms with Crippen molar-refractivity contribution in [3.63, 3.8) is 0 Å². The molecule has 0 unspecified atom stereocenters. The highest BCUT2D eigenvalue weighted by molar-refractivity contribution is 5.51. The molecular weight excluding hydrogens is 420 g/mol. The zero-order valence-electron chi connectivity index (χ0n) is 19.0. The van der Waals surface area contributed by atoms with Crippen LogP contribution >= 0.6 is 0 Å². The van der Waals surface area contributed by atoms with Crippen molar-refractivity contribution in [1.29, 1.82) is 0 Å². The van der Waals surface area contributed by atoms with E-state index in [-0.39, 0.29) is 13.2 Å². The molecule has 0 aliphatic heterocycles. The fraction of sp³-hybridized carbons (Fsp3) is 0.727. The van der Waals surface area contributed by atoms with Crippen molar-refractivity contribution in [2.24, 2.45) is 0 Å². The van der Waals surface area contributed by atoms with Gasteiger partial charge in [-0.15, -0.1) is 0 Å². The van der Waals surface area contributed by atoms with Gasteiger partial charge in [0, 0.05) is 18.9 Å². The number of hydroxylamine groups is 1. The molecule has 0 aromatic heterocycles. The minimum atomic E-state index is 0.0172. The lowest BCUT2D eigenvalue weighted by Crippen LogP contribution is -2.29. The summed E-state index contributed by atoms with van der Waals surface area (Å²) in [6.07, 6.45) is 1.80. The maximum Gasteiger partial charge on any atom is 0.0982 e. The Morgan fingerprint density at radius 2 is 1.06 bits per heavy atom. The first-order chi connectivity index (χ1) is 15.8. The van der Waals surface area contributed by atoms with E-state index in [4.69, 9.17) is 44.5 Å². The highest BCUT2D eigenvalue weighted by atomic mass is 16.7. The van der Waals surface area contributed by atoms with Crippen LogP contribution in [-0.2, 0) is 28.5 Å². The number of aliphatic hydroxyl groups excluding tert-OH is 2. The highest BCUT2D eigenvalue weighted by Gasteiger charge is 2.07. The van der Waals surface area contributed by atoms with Gasteiger partial charge in [0.25, 0.3) is 0 Å². The van der Waals surface area contributed by atoms with E-state index >= 15 is 0 Å². The lowest BCUT2D eigenvalue weighted by molar-refractivity contribution is 0.000509. The molecular formula is C22H40N2O8. The van der Waals surface area contributed by atoms with Gasteiger partial charge in [-0.05, 0) is 37.1 Å². The molecule has 0 aliphatic carbocycles. The predicted molar refractivity (Wildman–Crippen MR) is 122 cm³/mol. The molecule has 1 aromatic rings. The minimum absolute atomic E-state index is 0.0172. The van der Waals surface area contributed by atoms with Gasteiger partial charge in [0.15, 0.2) is 0 Å². The second-order valence-electron chi connectivity index (χ2n) is 6.74. The van der Waals surface area contributed by atoms with Crippen LogP contribution in [0, 0.1) is 0 Å². The number of benzene rings is 1. The van der Waals surface area contributed by atoms with E-state index in [1.54, 1.807) is 5.06 Å². The van der Waals surface area contributed by atoms with Crippen LogP contribution in [0.5, 0.6) is 0 Å². The first-order valence-corrected chi connectivity index (χ1v) is 11.1. The van der Waals surface area contributed by atoms with Gasteiger partial charge in [-0.2, -0.15) is 0 Å². The second-order valence-corrected chi connectivity index (χ2v) is 6.74. The van der Waals surface area contributed by atoms with Crippen molar-refractivity contribution in [3.05, 3.63) is 24.3 Å². The summed E-state index contributed by atoms with van der Waals surface area (Å²) in [5.41, 5.74) is 7.36. The molecule has 1 aromatic carbocycles. The molecule has 10 nitrogen and oxygen atoms in total. The van der Waals surface area contributed by atoms with Gasteiger partial charge in [-0.25, -0.2) is 0 Å².